The van der Waals surface area contributed by atoms with Crippen molar-refractivity contribution in [2.24, 2.45) is 0 Å². The number of alkyl halides is 3. The van der Waals surface area contributed by atoms with E-state index in [1.807, 2.05) is 6.92 Å². The van der Waals surface area contributed by atoms with Crippen LogP contribution in [0.3, 0.4) is 0 Å². The maximum Gasteiger partial charge on any atom is 0.425 e. The molecule has 0 saturated heterocycles. The molecular formula is C9H11F3S2. The lowest BCUT2D eigenvalue weighted by atomic mass is 10.1. The number of thiophene rings is 1. The Labute approximate surface area is 90.5 Å². The molecule has 1 aromatic heterocycles. The molecule has 0 bridgehead atoms. The molecule has 0 fully saturated rings. The van der Waals surface area contributed by atoms with Crippen molar-refractivity contribution in [1.29, 1.82) is 0 Å². The van der Waals surface area contributed by atoms with Crippen molar-refractivity contribution in [3.8, 4) is 0 Å². The van der Waals surface area contributed by atoms with Gasteiger partial charge in [0.05, 0.1) is 4.21 Å². The van der Waals surface area contributed by atoms with Crippen molar-refractivity contribution in [3.63, 3.8) is 0 Å². The van der Waals surface area contributed by atoms with Crippen LogP contribution in [-0.4, -0.2) is 0 Å². The number of hydrogen-bond acceptors (Lipinski definition) is 2. The Kier molecular flexibility index (Phi) is 3.53. The van der Waals surface area contributed by atoms with Crippen molar-refractivity contribution in [2.45, 2.75) is 37.1 Å². The first-order valence-electron chi connectivity index (χ1n) is 4.32. The standard InChI is InChI=1S/C9H11F3S2/c1-3-5-6(4-2)8(13)14-7(5)9(10,11)12/h13H,3-4H2,1-2H3. The predicted molar refractivity (Wildman–Crippen MR) is 55.3 cm³/mol. The zero-order valence-electron chi connectivity index (χ0n) is 7.90. The van der Waals surface area contributed by atoms with Gasteiger partial charge in [0, 0.05) is 0 Å². The van der Waals surface area contributed by atoms with Crippen LogP contribution in [0.15, 0.2) is 4.21 Å². The summed E-state index contributed by atoms with van der Waals surface area (Å²) in [6.45, 7) is 3.59. The van der Waals surface area contributed by atoms with Crippen molar-refractivity contribution in [3.05, 3.63) is 16.0 Å². The van der Waals surface area contributed by atoms with Crippen LogP contribution in [-0.2, 0) is 19.0 Å². The molecule has 0 saturated carbocycles. The average molecular weight is 240 g/mol. The fourth-order valence-corrected chi connectivity index (χ4v) is 3.11. The number of halogens is 3. The first kappa shape index (κ1) is 11.9. The van der Waals surface area contributed by atoms with Crippen molar-refractivity contribution < 1.29 is 13.2 Å². The lowest BCUT2D eigenvalue weighted by Gasteiger charge is -2.06. The Hall–Kier alpha value is -0.160. The van der Waals surface area contributed by atoms with Gasteiger partial charge in [-0.05, 0) is 24.0 Å². The summed E-state index contributed by atoms with van der Waals surface area (Å²) in [4.78, 5) is -0.484. The Morgan fingerprint density at radius 3 is 2.00 bits per heavy atom. The van der Waals surface area contributed by atoms with Crippen LogP contribution in [0.4, 0.5) is 13.2 Å². The highest BCUT2D eigenvalue weighted by Gasteiger charge is 2.36. The van der Waals surface area contributed by atoms with E-state index in [-0.39, 0.29) is 0 Å². The Morgan fingerprint density at radius 2 is 1.64 bits per heavy atom. The second-order valence-corrected chi connectivity index (χ2v) is 4.67. The van der Waals surface area contributed by atoms with E-state index >= 15 is 0 Å². The normalized spacial score (nSPS) is 12.1. The zero-order chi connectivity index (χ0) is 10.9. The van der Waals surface area contributed by atoms with E-state index < -0.39 is 11.1 Å². The molecule has 0 atom stereocenters. The molecule has 0 radical (unpaired) electrons. The molecule has 1 rings (SSSR count). The van der Waals surface area contributed by atoms with Crippen LogP contribution in [0, 0.1) is 0 Å². The van der Waals surface area contributed by atoms with Crippen LogP contribution in [0.5, 0.6) is 0 Å². The summed E-state index contributed by atoms with van der Waals surface area (Å²) >= 11 is 4.81. The van der Waals surface area contributed by atoms with Crippen LogP contribution in [0.2, 0.25) is 0 Å². The van der Waals surface area contributed by atoms with Gasteiger partial charge in [0.2, 0.25) is 0 Å². The van der Waals surface area contributed by atoms with Crippen LogP contribution in [0.1, 0.15) is 29.9 Å². The molecule has 0 aliphatic heterocycles. The molecule has 0 amide bonds. The maximum absolute atomic E-state index is 12.5. The highest BCUT2D eigenvalue weighted by Crippen LogP contribution is 2.42. The minimum atomic E-state index is -4.24. The van der Waals surface area contributed by atoms with E-state index in [0.717, 1.165) is 16.9 Å². The molecule has 80 valence electrons. The summed E-state index contributed by atoms with van der Waals surface area (Å²) in [7, 11) is 0. The van der Waals surface area contributed by atoms with Gasteiger partial charge in [0.1, 0.15) is 4.88 Å². The topological polar surface area (TPSA) is 0 Å². The fraction of sp³-hybridized carbons (Fsp3) is 0.556. The van der Waals surface area contributed by atoms with Gasteiger partial charge in [-0.1, -0.05) is 13.8 Å². The van der Waals surface area contributed by atoms with Gasteiger partial charge in [-0.3, -0.25) is 0 Å². The van der Waals surface area contributed by atoms with Gasteiger partial charge in [0.15, 0.2) is 0 Å². The van der Waals surface area contributed by atoms with E-state index in [0.29, 0.717) is 22.6 Å². The molecule has 1 heterocycles. The summed E-state index contributed by atoms with van der Waals surface area (Å²) in [6, 6.07) is 0. The van der Waals surface area contributed by atoms with E-state index in [2.05, 4.69) is 12.6 Å². The second kappa shape index (κ2) is 4.14. The van der Waals surface area contributed by atoms with Crippen molar-refractivity contribution >= 4 is 24.0 Å². The van der Waals surface area contributed by atoms with Crippen LogP contribution in [0.25, 0.3) is 0 Å². The molecule has 0 N–H and O–H groups in total. The summed E-state index contributed by atoms with van der Waals surface area (Å²) in [5, 5.41) is 0. The van der Waals surface area contributed by atoms with Crippen LogP contribution < -0.4 is 0 Å². The molecule has 5 heteroatoms. The van der Waals surface area contributed by atoms with Gasteiger partial charge in [-0.15, -0.1) is 24.0 Å². The minimum Gasteiger partial charge on any atom is -0.165 e. The highest BCUT2D eigenvalue weighted by molar-refractivity contribution is 7.83. The summed E-state index contributed by atoms with van der Waals surface area (Å²) < 4.78 is 38.1. The quantitative estimate of drug-likeness (QED) is 0.736. The van der Waals surface area contributed by atoms with Crippen LogP contribution >= 0.6 is 24.0 Å². The lowest BCUT2D eigenvalue weighted by molar-refractivity contribution is -0.134. The molecule has 0 spiro atoms. The Bertz CT molecular complexity index is 326. The zero-order valence-corrected chi connectivity index (χ0v) is 9.61. The fourth-order valence-electron chi connectivity index (χ4n) is 1.45. The third-order valence-electron chi connectivity index (χ3n) is 2.06. The third-order valence-corrected chi connectivity index (χ3v) is 3.73. The average Bonchev–Trinajstić information content (AvgIpc) is 2.40. The van der Waals surface area contributed by atoms with E-state index in [1.165, 1.54) is 0 Å². The van der Waals surface area contributed by atoms with Gasteiger partial charge in [0.25, 0.3) is 0 Å². The number of rotatable bonds is 2. The maximum atomic E-state index is 12.5. The van der Waals surface area contributed by atoms with Gasteiger partial charge < -0.3 is 0 Å². The van der Waals surface area contributed by atoms with E-state index in [4.69, 9.17) is 0 Å². The second-order valence-electron chi connectivity index (χ2n) is 2.90. The van der Waals surface area contributed by atoms with Gasteiger partial charge in [-0.2, -0.15) is 13.2 Å². The molecule has 0 aliphatic rings. The summed E-state index contributed by atoms with van der Waals surface area (Å²) in [6.07, 6.45) is -3.22. The summed E-state index contributed by atoms with van der Waals surface area (Å²) in [5.41, 5.74) is 1.16. The number of thiol groups is 1. The SMILES string of the molecule is CCc1c(S)sc(C(F)(F)F)c1CC. The largest absolute Gasteiger partial charge is 0.425 e. The Morgan fingerprint density at radius 1 is 1.14 bits per heavy atom. The molecular weight excluding hydrogens is 229 g/mol. The third kappa shape index (κ3) is 2.08. The smallest absolute Gasteiger partial charge is 0.165 e. The predicted octanol–water partition coefficient (Wildman–Crippen LogP) is 4.18. The monoisotopic (exact) mass is 240 g/mol. The summed E-state index contributed by atoms with van der Waals surface area (Å²) in [5.74, 6) is 0. The van der Waals surface area contributed by atoms with E-state index in [9.17, 15) is 13.2 Å². The van der Waals surface area contributed by atoms with Gasteiger partial charge >= 0.3 is 6.18 Å². The molecule has 0 aromatic carbocycles. The molecule has 0 aliphatic carbocycles. The van der Waals surface area contributed by atoms with E-state index in [1.54, 1.807) is 6.92 Å². The molecule has 0 nitrogen and oxygen atoms in total. The molecule has 1 aromatic rings. The van der Waals surface area contributed by atoms with Crippen molar-refractivity contribution in [1.82, 2.24) is 0 Å². The minimum absolute atomic E-state index is 0.412. The first-order chi connectivity index (χ1) is 6.41. The first-order valence-corrected chi connectivity index (χ1v) is 5.58. The highest BCUT2D eigenvalue weighted by atomic mass is 32.2. The van der Waals surface area contributed by atoms with Gasteiger partial charge in [-0.25, -0.2) is 0 Å². The molecule has 14 heavy (non-hydrogen) atoms. The van der Waals surface area contributed by atoms with Crippen molar-refractivity contribution in [2.75, 3.05) is 0 Å². The molecule has 0 unspecified atom stereocenters. The Balaban J connectivity index is 3.31. The number of hydrogen-bond donors (Lipinski definition) is 1. The lowest BCUT2D eigenvalue weighted by Crippen LogP contribution is -2.05.